The molecule has 0 aromatic heterocycles. The normalized spacial score (nSPS) is 16.9. The van der Waals surface area contributed by atoms with E-state index in [1.807, 2.05) is 18.2 Å². The van der Waals surface area contributed by atoms with Gasteiger partial charge in [0.2, 0.25) is 0 Å². The zero-order chi connectivity index (χ0) is 21.8. The fourth-order valence-corrected chi connectivity index (χ4v) is 5.23. The maximum Gasteiger partial charge on any atom is 0.123 e. The minimum Gasteiger partial charge on any atom is -0.317 e. The zero-order valence-electron chi connectivity index (χ0n) is 19.4. The Morgan fingerprint density at radius 3 is 1.82 bits per heavy atom. The van der Waals surface area contributed by atoms with Crippen LogP contribution < -0.4 is 5.32 Å². The Morgan fingerprint density at radius 2 is 1.24 bits per heavy atom. The van der Waals surface area contributed by atoms with E-state index in [4.69, 9.17) is 0 Å². The van der Waals surface area contributed by atoms with Crippen LogP contribution in [0.2, 0.25) is 0 Å². The van der Waals surface area contributed by atoms with Gasteiger partial charge in [-0.25, -0.2) is 4.39 Å². The van der Waals surface area contributed by atoms with Crippen LogP contribution in [0.4, 0.5) is 4.39 Å². The van der Waals surface area contributed by atoms with Crippen molar-refractivity contribution in [1.82, 2.24) is 10.2 Å². The van der Waals surface area contributed by atoms with Crippen molar-refractivity contribution in [2.24, 2.45) is 0 Å². The minimum absolute atomic E-state index is 0. The van der Waals surface area contributed by atoms with Crippen molar-refractivity contribution in [3.63, 3.8) is 0 Å². The molecule has 2 saturated heterocycles. The second kappa shape index (κ2) is 12.5. The van der Waals surface area contributed by atoms with E-state index in [2.05, 4.69) is 58.7 Å². The Bertz CT molecular complexity index is 1050. The quantitative estimate of drug-likeness (QED) is 0.417. The first kappa shape index (κ1) is 26.4. The summed E-state index contributed by atoms with van der Waals surface area (Å²) in [7, 11) is 0. The number of halogens is 3. The number of nitrogens with zero attached hydrogens (tertiary/aromatic N) is 1. The topological polar surface area (TPSA) is 15.3 Å². The highest BCUT2D eigenvalue weighted by atomic mass is 35.5. The van der Waals surface area contributed by atoms with Crippen LogP contribution >= 0.6 is 24.8 Å². The highest BCUT2D eigenvalue weighted by Gasteiger charge is 2.25. The summed E-state index contributed by atoms with van der Waals surface area (Å²) in [6.45, 7) is 4.51. The first-order chi connectivity index (χ1) is 15.8. The lowest BCUT2D eigenvalue weighted by Crippen LogP contribution is -2.45. The number of hydrogen-bond donors (Lipinski definition) is 1. The molecule has 0 amide bonds. The molecule has 5 heteroatoms. The van der Waals surface area contributed by atoms with Gasteiger partial charge in [-0.2, -0.15) is 0 Å². The Labute approximate surface area is 215 Å². The molecule has 1 N–H and O–H groups in total. The molecule has 2 fully saturated rings. The molecule has 2 aliphatic rings. The molecule has 34 heavy (non-hydrogen) atoms. The first-order valence-electron chi connectivity index (χ1n) is 11.9. The molecule has 0 saturated carbocycles. The molecule has 0 bridgehead atoms. The van der Waals surface area contributed by atoms with Crippen molar-refractivity contribution in [3.05, 3.63) is 101 Å². The molecule has 0 aliphatic carbocycles. The molecule has 5 rings (SSSR count). The molecule has 2 heterocycles. The maximum absolute atomic E-state index is 13.7. The van der Waals surface area contributed by atoms with Crippen LogP contribution in [0.1, 0.15) is 36.8 Å². The second-order valence-electron chi connectivity index (χ2n) is 8.95. The van der Waals surface area contributed by atoms with Gasteiger partial charge in [-0.05, 0) is 78.7 Å². The Morgan fingerprint density at radius 1 is 0.706 bits per heavy atom. The van der Waals surface area contributed by atoms with Gasteiger partial charge in [0, 0.05) is 19.1 Å². The van der Waals surface area contributed by atoms with E-state index in [0.29, 0.717) is 0 Å². The molecule has 0 radical (unpaired) electrons. The standard InChI is InChI=1S/C29H31FN2.2ClH/c30-27-12-10-25(11-13-27)29(24-8-6-23(7-9-24)22-4-2-1-3-5-22)26-16-20-32(21-17-26)28-14-18-31-19-15-28;;/h1-13,28,31H,14-21H2;2*1H. The smallest absolute Gasteiger partial charge is 0.123 e. The molecule has 180 valence electrons. The number of hydrogen-bond acceptors (Lipinski definition) is 2. The lowest BCUT2D eigenvalue weighted by molar-refractivity contribution is 0.152. The monoisotopic (exact) mass is 498 g/mol. The van der Waals surface area contributed by atoms with Crippen LogP contribution in [0.5, 0.6) is 0 Å². The number of rotatable bonds is 4. The summed E-state index contributed by atoms with van der Waals surface area (Å²) in [5.41, 5.74) is 7.57. The van der Waals surface area contributed by atoms with Crippen LogP contribution in [0.15, 0.2) is 84.4 Å². The molecule has 0 unspecified atom stereocenters. The van der Waals surface area contributed by atoms with Crippen LogP contribution in [0.3, 0.4) is 0 Å². The van der Waals surface area contributed by atoms with Gasteiger partial charge >= 0.3 is 0 Å². The van der Waals surface area contributed by atoms with Gasteiger partial charge in [0.25, 0.3) is 0 Å². The second-order valence-corrected chi connectivity index (χ2v) is 8.95. The highest BCUT2D eigenvalue weighted by molar-refractivity contribution is 5.86. The first-order valence-corrected chi connectivity index (χ1v) is 11.9. The lowest BCUT2D eigenvalue weighted by Gasteiger charge is -2.38. The SMILES string of the molecule is Cl.Cl.Fc1ccc(C(=C2CCN(C3CCNCC3)CC2)c2ccc(-c3ccccc3)cc2)cc1. The highest BCUT2D eigenvalue weighted by Crippen LogP contribution is 2.34. The Balaban J connectivity index is 0.00000162. The summed E-state index contributed by atoms with van der Waals surface area (Å²) >= 11 is 0. The van der Waals surface area contributed by atoms with Gasteiger partial charge < -0.3 is 5.32 Å². The maximum atomic E-state index is 13.7. The third kappa shape index (κ3) is 6.09. The van der Waals surface area contributed by atoms with Crippen molar-refractivity contribution in [3.8, 4) is 11.1 Å². The molecule has 2 aliphatic heterocycles. The minimum atomic E-state index is -0.182. The van der Waals surface area contributed by atoms with Crippen LogP contribution in [-0.2, 0) is 0 Å². The Hall–Kier alpha value is -2.17. The van der Waals surface area contributed by atoms with E-state index in [0.717, 1.165) is 50.6 Å². The van der Waals surface area contributed by atoms with Gasteiger partial charge in [-0.1, -0.05) is 72.3 Å². The van der Waals surface area contributed by atoms with Crippen LogP contribution in [0.25, 0.3) is 16.7 Å². The van der Waals surface area contributed by atoms with Crippen molar-refractivity contribution in [1.29, 1.82) is 0 Å². The van der Waals surface area contributed by atoms with E-state index in [-0.39, 0.29) is 30.6 Å². The van der Waals surface area contributed by atoms with Gasteiger partial charge in [-0.3, -0.25) is 4.90 Å². The average molecular weight is 500 g/mol. The average Bonchev–Trinajstić information content (AvgIpc) is 2.87. The summed E-state index contributed by atoms with van der Waals surface area (Å²) in [6.07, 6.45) is 4.67. The summed E-state index contributed by atoms with van der Waals surface area (Å²) in [4.78, 5) is 2.69. The van der Waals surface area contributed by atoms with Gasteiger partial charge in [0.15, 0.2) is 0 Å². The summed E-state index contributed by atoms with van der Waals surface area (Å²) in [5.74, 6) is -0.182. The third-order valence-electron chi connectivity index (χ3n) is 6.99. The number of nitrogens with one attached hydrogen (secondary N) is 1. The van der Waals surface area contributed by atoms with Gasteiger partial charge in [0.1, 0.15) is 5.82 Å². The predicted molar refractivity (Wildman–Crippen MR) is 145 cm³/mol. The van der Waals surface area contributed by atoms with Crippen molar-refractivity contribution < 1.29 is 4.39 Å². The van der Waals surface area contributed by atoms with Crippen molar-refractivity contribution in [2.75, 3.05) is 26.2 Å². The fourth-order valence-electron chi connectivity index (χ4n) is 5.23. The summed E-state index contributed by atoms with van der Waals surface area (Å²) in [6, 6.07) is 27.1. The number of benzene rings is 3. The lowest BCUT2D eigenvalue weighted by atomic mass is 9.87. The molecule has 3 aromatic carbocycles. The number of likely N-dealkylation sites (tertiary alicyclic amines) is 1. The molecule has 0 spiro atoms. The number of piperidine rings is 2. The van der Waals surface area contributed by atoms with E-state index in [9.17, 15) is 4.39 Å². The summed E-state index contributed by atoms with van der Waals surface area (Å²) < 4.78 is 13.7. The molecule has 0 atom stereocenters. The third-order valence-corrected chi connectivity index (χ3v) is 6.99. The molecule has 3 aromatic rings. The van der Waals surface area contributed by atoms with Gasteiger partial charge in [0.05, 0.1) is 0 Å². The van der Waals surface area contributed by atoms with E-state index in [1.54, 1.807) is 12.1 Å². The molecular formula is C29H33Cl2FN2. The van der Waals surface area contributed by atoms with E-state index >= 15 is 0 Å². The van der Waals surface area contributed by atoms with Crippen LogP contribution in [-0.4, -0.2) is 37.1 Å². The largest absolute Gasteiger partial charge is 0.317 e. The molecular weight excluding hydrogens is 466 g/mol. The Kier molecular flexibility index (Phi) is 9.73. The molecule has 2 nitrogen and oxygen atoms in total. The summed E-state index contributed by atoms with van der Waals surface area (Å²) in [5, 5.41) is 3.48. The zero-order valence-corrected chi connectivity index (χ0v) is 21.0. The van der Waals surface area contributed by atoms with Crippen LogP contribution in [0, 0.1) is 5.82 Å². The fraction of sp³-hybridized carbons (Fsp3) is 0.310. The predicted octanol–water partition coefficient (Wildman–Crippen LogP) is 6.99. The van der Waals surface area contributed by atoms with E-state index < -0.39 is 0 Å². The van der Waals surface area contributed by atoms with Crippen molar-refractivity contribution >= 4 is 30.4 Å². The van der Waals surface area contributed by atoms with Gasteiger partial charge in [-0.15, -0.1) is 24.8 Å². The van der Waals surface area contributed by atoms with Crippen molar-refractivity contribution in [2.45, 2.75) is 31.7 Å². The van der Waals surface area contributed by atoms with E-state index in [1.165, 1.54) is 40.7 Å².